The highest BCUT2D eigenvalue weighted by Crippen LogP contribution is 2.41. The third-order valence-electron chi connectivity index (χ3n) is 6.85. The second-order valence-corrected chi connectivity index (χ2v) is 9.44. The van der Waals surface area contributed by atoms with Crippen LogP contribution in [-0.2, 0) is 14.1 Å². The highest BCUT2D eigenvalue weighted by atomic mass is 16.7. The Labute approximate surface area is 165 Å². The van der Waals surface area contributed by atoms with Crippen molar-refractivity contribution < 1.29 is 19.2 Å². The van der Waals surface area contributed by atoms with Gasteiger partial charge in [0.25, 0.3) is 0 Å². The van der Waals surface area contributed by atoms with Crippen molar-refractivity contribution in [3.05, 3.63) is 0 Å². The molecule has 0 radical (unpaired) electrons. The largest absolute Gasteiger partial charge is 0.457 e. The highest BCUT2D eigenvalue weighted by Gasteiger charge is 2.51. The monoisotopic (exact) mass is 382 g/mol. The Balaban J connectivity index is 1.93. The lowest BCUT2D eigenvalue weighted by atomic mass is 9.66. The van der Waals surface area contributed by atoms with Gasteiger partial charge in [-0.05, 0) is 65.6 Å². The Hall–Kier alpha value is -0.625. The van der Waals surface area contributed by atoms with Crippen LogP contribution >= 0.6 is 0 Å². The molecular formula is C20H39BN2O4. The molecule has 3 unspecified atom stereocenters. The molecular weight excluding hydrogens is 343 g/mol. The van der Waals surface area contributed by atoms with Gasteiger partial charge in [0.1, 0.15) is 5.54 Å². The number of hydrogen-bond donors (Lipinski definition) is 3. The first-order chi connectivity index (χ1) is 12.6. The molecule has 0 aromatic rings. The fraction of sp³-hybridized carbons (Fsp3) is 0.950. The summed E-state index contributed by atoms with van der Waals surface area (Å²) in [5.41, 5.74) is 4.95. The second kappa shape index (κ2) is 8.81. The van der Waals surface area contributed by atoms with E-state index in [1.165, 1.54) is 0 Å². The van der Waals surface area contributed by atoms with E-state index in [2.05, 4.69) is 39.9 Å². The summed E-state index contributed by atoms with van der Waals surface area (Å²) in [7, 11) is -0.212. The standard InChI is InChI=1S/C20H39BN2O4/c1-6-7-12-23-17(25)20(22)13-15(8-9-16(20)14-24)10-11-21-26-18(2,3)19(4,5)27-21/h15-16,24H,6-14,22H2,1-5H3,(H,23,25). The van der Waals surface area contributed by atoms with Gasteiger partial charge in [-0.2, -0.15) is 0 Å². The summed E-state index contributed by atoms with van der Waals surface area (Å²) in [5, 5.41) is 12.7. The first kappa shape index (κ1) is 22.7. The van der Waals surface area contributed by atoms with Crippen molar-refractivity contribution >= 4 is 13.0 Å². The molecule has 156 valence electrons. The van der Waals surface area contributed by atoms with Gasteiger partial charge in [-0.1, -0.05) is 19.8 Å². The molecule has 4 N–H and O–H groups in total. The molecule has 1 saturated heterocycles. The Morgan fingerprint density at radius 2 is 1.85 bits per heavy atom. The summed E-state index contributed by atoms with van der Waals surface area (Å²) in [6.07, 6.45) is 6.05. The Morgan fingerprint density at radius 1 is 1.22 bits per heavy atom. The minimum Gasteiger partial charge on any atom is -0.403 e. The second-order valence-electron chi connectivity index (χ2n) is 9.44. The average molecular weight is 382 g/mol. The van der Waals surface area contributed by atoms with Crippen LogP contribution < -0.4 is 11.1 Å². The molecule has 2 aliphatic rings. The first-order valence-corrected chi connectivity index (χ1v) is 10.6. The van der Waals surface area contributed by atoms with E-state index in [9.17, 15) is 9.90 Å². The van der Waals surface area contributed by atoms with Crippen LogP contribution in [0.25, 0.3) is 0 Å². The molecule has 0 spiro atoms. The lowest BCUT2D eigenvalue weighted by Gasteiger charge is -2.42. The number of carbonyl (C=O) groups excluding carboxylic acids is 1. The normalized spacial score (nSPS) is 32.5. The number of aliphatic hydroxyl groups excluding tert-OH is 1. The third kappa shape index (κ3) is 5.05. The summed E-state index contributed by atoms with van der Waals surface area (Å²) in [6.45, 7) is 10.9. The van der Waals surface area contributed by atoms with Gasteiger partial charge in [0.15, 0.2) is 0 Å². The lowest BCUT2D eigenvalue weighted by Crippen LogP contribution is -2.62. The molecule has 2 fully saturated rings. The van der Waals surface area contributed by atoms with Crippen LogP contribution in [0.15, 0.2) is 0 Å². The highest BCUT2D eigenvalue weighted by molar-refractivity contribution is 6.45. The maximum Gasteiger partial charge on any atom is 0.457 e. The molecule has 0 aromatic carbocycles. The van der Waals surface area contributed by atoms with Gasteiger partial charge in [-0.15, -0.1) is 0 Å². The van der Waals surface area contributed by atoms with Crippen molar-refractivity contribution in [2.45, 2.75) is 96.2 Å². The minimum atomic E-state index is -0.985. The topological polar surface area (TPSA) is 93.8 Å². The molecule has 7 heteroatoms. The van der Waals surface area contributed by atoms with Crippen LogP contribution in [0.4, 0.5) is 0 Å². The number of amides is 1. The van der Waals surface area contributed by atoms with Gasteiger partial charge >= 0.3 is 7.12 Å². The summed E-state index contributed by atoms with van der Waals surface area (Å²) in [5.74, 6) is 0.0521. The van der Waals surface area contributed by atoms with E-state index in [1.54, 1.807) is 0 Å². The fourth-order valence-electron chi connectivity index (χ4n) is 4.22. The average Bonchev–Trinajstić information content (AvgIpc) is 2.80. The van der Waals surface area contributed by atoms with Crippen molar-refractivity contribution in [1.29, 1.82) is 0 Å². The Kier molecular flexibility index (Phi) is 7.39. The zero-order valence-corrected chi connectivity index (χ0v) is 17.8. The Morgan fingerprint density at radius 3 is 2.41 bits per heavy atom. The van der Waals surface area contributed by atoms with Gasteiger partial charge in [0.05, 0.1) is 11.2 Å². The zero-order valence-electron chi connectivity index (χ0n) is 17.8. The number of unbranched alkanes of at least 4 members (excludes halogenated alkanes) is 1. The molecule has 1 aliphatic heterocycles. The fourth-order valence-corrected chi connectivity index (χ4v) is 4.22. The van der Waals surface area contributed by atoms with E-state index < -0.39 is 5.54 Å². The van der Waals surface area contributed by atoms with Crippen LogP contribution in [0.5, 0.6) is 0 Å². The van der Waals surface area contributed by atoms with E-state index in [0.29, 0.717) is 18.9 Å². The van der Waals surface area contributed by atoms with Gasteiger partial charge in [0, 0.05) is 19.1 Å². The number of rotatable bonds is 8. The summed E-state index contributed by atoms with van der Waals surface area (Å²) < 4.78 is 12.2. The van der Waals surface area contributed by atoms with E-state index >= 15 is 0 Å². The zero-order chi connectivity index (χ0) is 20.3. The summed E-state index contributed by atoms with van der Waals surface area (Å²) >= 11 is 0. The first-order valence-electron chi connectivity index (χ1n) is 10.6. The lowest BCUT2D eigenvalue weighted by molar-refractivity contribution is -0.131. The van der Waals surface area contributed by atoms with Crippen molar-refractivity contribution in [3.8, 4) is 0 Å². The molecule has 6 nitrogen and oxygen atoms in total. The molecule has 1 heterocycles. The Bertz CT molecular complexity index is 498. The number of hydrogen-bond acceptors (Lipinski definition) is 5. The molecule has 3 atom stereocenters. The van der Waals surface area contributed by atoms with Crippen LogP contribution in [0.2, 0.25) is 6.32 Å². The van der Waals surface area contributed by atoms with Gasteiger partial charge in [-0.25, -0.2) is 0 Å². The maximum atomic E-state index is 12.7. The van der Waals surface area contributed by atoms with E-state index in [0.717, 1.165) is 38.4 Å². The van der Waals surface area contributed by atoms with Gasteiger partial charge in [0.2, 0.25) is 5.91 Å². The van der Waals surface area contributed by atoms with Crippen molar-refractivity contribution in [2.75, 3.05) is 13.2 Å². The third-order valence-corrected chi connectivity index (χ3v) is 6.85. The molecule has 27 heavy (non-hydrogen) atoms. The SMILES string of the molecule is CCCCNC(=O)C1(N)CC(CCB2OC(C)(C)C(C)(C)O2)CCC1CO. The van der Waals surface area contributed by atoms with Gasteiger partial charge in [-0.3, -0.25) is 4.79 Å². The quantitative estimate of drug-likeness (QED) is 0.443. The smallest absolute Gasteiger partial charge is 0.403 e. The van der Waals surface area contributed by atoms with E-state index in [4.69, 9.17) is 15.0 Å². The molecule has 1 saturated carbocycles. The number of aliphatic hydroxyl groups is 1. The predicted octanol–water partition coefficient (Wildman–Crippen LogP) is 2.49. The van der Waals surface area contributed by atoms with Crippen LogP contribution in [0.1, 0.15) is 73.1 Å². The van der Waals surface area contributed by atoms with Crippen LogP contribution in [0, 0.1) is 11.8 Å². The summed E-state index contributed by atoms with van der Waals surface area (Å²) in [6, 6.07) is 0. The van der Waals surface area contributed by atoms with Crippen molar-refractivity contribution in [1.82, 2.24) is 5.32 Å². The maximum absolute atomic E-state index is 12.7. The van der Waals surface area contributed by atoms with E-state index in [1.807, 2.05) is 0 Å². The molecule has 1 aliphatic carbocycles. The van der Waals surface area contributed by atoms with Crippen molar-refractivity contribution in [2.24, 2.45) is 17.6 Å². The number of carbonyl (C=O) groups is 1. The molecule has 2 rings (SSSR count). The van der Waals surface area contributed by atoms with Crippen LogP contribution in [-0.4, -0.2) is 48.0 Å². The molecule has 1 amide bonds. The van der Waals surface area contributed by atoms with E-state index in [-0.39, 0.29) is 36.8 Å². The number of nitrogens with one attached hydrogen (secondary N) is 1. The molecule has 0 aromatic heterocycles. The molecule has 0 bridgehead atoms. The van der Waals surface area contributed by atoms with Crippen LogP contribution in [0.3, 0.4) is 0 Å². The number of nitrogens with two attached hydrogens (primary N) is 1. The van der Waals surface area contributed by atoms with Gasteiger partial charge < -0.3 is 25.5 Å². The predicted molar refractivity (Wildman–Crippen MR) is 108 cm³/mol. The summed E-state index contributed by atoms with van der Waals surface area (Å²) in [4.78, 5) is 12.7. The van der Waals surface area contributed by atoms with Crippen molar-refractivity contribution in [3.63, 3.8) is 0 Å². The minimum absolute atomic E-state index is 0.0400.